The van der Waals surface area contributed by atoms with Crippen LogP contribution in [0.4, 0.5) is 11.4 Å². The van der Waals surface area contributed by atoms with Crippen molar-refractivity contribution >= 4 is 23.3 Å². The van der Waals surface area contributed by atoms with Gasteiger partial charge in [0.15, 0.2) is 0 Å². The summed E-state index contributed by atoms with van der Waals surface area (Å²) in [6.45, 7) is 1.27. The van der Waals surface area contributed by atoms with Crippen molar-refractivity contribution in [2.45, 2.75) is 19.1 Å². The van der Waals surface area contributed by atoms with Crippen molar-refractivity contribution in [2.75, 3.05) is 12.0 Å². The Kier molecular flexibility index (Phi) is 4.77. The number of carbonyl (C=O) groups excluding carboxylic acids is 2. The molecule has 1 saturated heterocycles. The third-order valence-corrected chi connectivity index (χ3v) is 4.08. The van der Waals surface area contributed by atoms with Crippen molar-refractivity contribution in [3.8, 4) is 5.75 Å². The van der Waals surface area contributed by atoms with Gasteiger partial charge in [0.2, 0.25) is 6.10 Å². The minimum atomic E-state index is -0.889. The van der Waals surface area contributed by atoms with Crippen LogP contribution in [0.3, 0.4) is 0 Å². The lowest BCUT2D eigenvalue weighted by atomic mass is 9.89. The first-order chi connectivity index (χ1) is 12.5. The maximum absolute atomic E-state index is 12.6. The van der Waals surface area contributed by atoms with E-state index in [2.05, 4.69) is 10.0 Å². The predicted molar refractivity (Wildman–Crippen MR) is 94.0 cm³/mol. The highest BCUT2D eigenvalue weighted by Gasteiger charge is 2.51. The summed E-state index contributed by atoms with van der Waals surface area (Å²) >= 11 is 0. The van der Waals surface area contributed by atoms with Crippen LogP contribution in [0.2, 0.25) is 0 Å². The van der Waals surface area contributed by atoms with E-state index >= 15 is 0 Å². The van der Waals surface area contributed by atoms with E-state index in [0.717, 1.165) is 5.56 Å². The Morgan fingerprint density at radius 3 is 2.35 bits per heavy atom. The fourth-order valence-corrected chi connectivity index (χ4v) is 2.90. The number of esters is 1. The van der Waals surface area contributed by atoms with Gasteiger partial charge in [0, 0.05) is 23.2 Å². The normalized spacial score (nSPS) is 18.5. The Hall–Kier alpha value is -3.51. The number of hydrogen-bond acceptors (Lipinski definition) is 5. The largest absolute Gasteiger partial charge is 0.497 e. The second kappa shape index (κ2) is 7.16. The topological polar surface area (TPSA) is 105 Å². The molecule has 0 aromatic heterocycles. The molecular formula is C18H16N4O4. The number of carbonyl (C=O) groups is 2. The van der Waals surface area contributed by atoms with Crippen molar-refractivity contribution in [1.82, 2.24) is 0 Å². The lowest BCUT2D eigenvalue weighted by Crippen LogP contribution is -2.60. The van der Waals surface area contributed by atoms with Gasteiger partial charge in [-0.1, -0.05) is 29.4 Å². The minimum absolute atomic E-state index is 0.297. The summed E-state index contributed by atoms with van der Waals surface area (Å²) in [6.07, 6.45) is -0.889. The zero-order valence-corrected chi connectivity index (χ0v) is 14.2. The van der Waals surface area contributed by atoms with E-state index in [1.807, 2.05) is 0 Å². The van der Waals surface area contributed by atoms with Crippen LogP contribution in [0.1, 0.15) is 18.5 Å². The Labute approximate surface area is 149 Å². The van der Waals surface area contributed by atoms with E-state index in [1.54, 1.807) is 60.5 Å². The van der Waals surface area contributed by atoms with Crippen LogP contribution in [-0.2, 0) is 14.3 Å². The number of hydrogen-bond donors (Lipinski definition) is 0. The van der Waals surface area contributed by atoms with E-state index in [1.165, 1.54) is 6.92 Å². The number of β-lactam (4-membered cyclic amide) rings is 1. The molecule has 26 heavy (non-hydrogen) atoms. The standard InChI is InChI=1S/C18H16N4O4/c1-11(23)26-17-16(12-3-5-13(6-4-12)20-21-19)22(18(17)24)14-7-9-15(25-2)10-8-14/h3-10,16-17H,1-2H3/t16-,17+/m0/s1. The summed E-state index contributed by atoms with van der Waals surface area (Å²) in [5.41, 5.74) is 10.4. The average Bonchev–Trinajstić information content (AvgIpc) is 2.65. The van der Waals surface area contributed by atoms with E-state index in [9.17, 15) is 9.59 Å². The van der Waals surface area contributed by atoms with Gasteiger partial charge < -0.3 is 9.47 Å². The predicted octanol–water partition coefficient (Wildman–Crippen LogP) is 3.66. The number of amides is 1. The number of ether oxygens (including phenoxy) is 2. The maximum atomic E-state index is 12.6. The van der Waals surface area contributed by atoms with Crippen molar-refractivity contribution in [1.29, 1.82) is 0 Å². The molecule has 0 unspecified atom stereocenters. The molecule has 1 aliphatic rings. The molecule has 2 atom stereocenters. The van der Waals surface area contributed by atoms with Crippen LogP contribution < -0.4 is 9.64 Å². The number of benzene rings is 2. The fraction of sp³-hybridized carbons (Fsp3) is 0.222. The van der Waals surface area contributed by atoms with Crippen LogP contribution in [0.15, 0.2) is 53.6 Å². The first-order valence-corrected chi connectivity index (χ1v) is 7.84. The molecule has 132 valence electrons. The molecule has 0 spiro atoms. The van der Waals surface area contributed by atoms with Gasteiger partial charge in [0.1, 0.15) is 11.8 Å². The lowest BCUT2D eigenvalue weighted by molar-refractivity contribution is -0.160. The van der Waals surface area contributed by atoms with Crippen LogP contribution in [0.5, 0.6) is 5.75 Å². The monoisotopic (exact) mass is 352 g/mol. The van der Waals surface area contributed by atoms with Crippen molar-refractivity contribution in [2.24, 2.45) is 5.11 Å². The van der Waals surface area contributed by atoms with Crippen LogP contribution in [0, 0.1) is 0 Å². The zero-order valence-electron chi connectivity index (χ0n) is 14.2. The first-order valence-electron chi connectivity index (χ1n) is 7.84. The quantitative estimate of drug-likeness (QED) is 0.269. The molecular weight excluding hydrogens is 336 g/mol. The number of anilines is 1. The third-order valence-electron chi connectivity index (χ3n) is 4.08. The average molecular weight is 352 g/mol. The van der Waals surface area contributed by atoms with Gasteiger partial charge >= 0.3 is 5.97 Å². The molecule has 1 heterocycles. The van der Waals surface area contributed by atoms with E-state index in [-0.39, 0.29) is 5.91 Å². The third kappa shape index (κ3) is 3.18. The first kappa shape index (κ1) is 17.3. The van der Waals surface area contributed by atoms with Gasteiger partial charge in [-0.3, -0.25) is 14.5 Å². The van der Waals surface area contributed by atoms with Gasteiger partial charge in [-0.15, -0.1) is 0 Å². The van der Waals surface area contributed by atoms with Gasteiger partial charge in [0.05, 0.1) is 7.11 Å². The summed E-state index contributed by atoms with van der Waals surface area (Å²) < 4.78 is 10.3. The molecule has 1 fully saturated rings. The fourth-order valence-electron chi connectivity index (χ4n) is 2.90. The molecule has 8 heteroatoms. The smallest absolute Gasteiger partial charge is 0.303 e. The highest BCUT2D eigenvalue weighted by Crippen LogP contribution is 2.41. The zero-order chi connectivity index (χ0) is 18.7. The van der Waals surface area contributed by atoms with E-state index < -0.39 is 18.1 Å². The Bertz CT molecular complexity index is 873. The van der Waals surface area contributed by atoms with Crippen molar-refractivity contribution in [3.05, 3.63) is 64.5 Å². The summed E-state index contributed by atoms with van der Waals surface area (Å²) in [4.78, 5) is 28.2. The minimum Gasteiger partial charge on any atom is -0.497 e. The molecule has 2 aromatic rings. The van der Waals surface area contributed by atoms with Crippen LogP contribution in [0.25, 0.3) is 10.4 Å². The van der Waals surface area contributed by atoms with Gasteiger partial charge in [-0.2, -0.15) is 0 Å². The Morgan fingerprint density at radius 2 is 1.81 bits per heavy atom. The van der Waals surface area contributed by atoms with E-state index in [4.69, 9.17) is 15.0 Å². The van der Waals surface area contributed by atoms with E-state index in [0.29, 0.717) is 17.1 Å². The lowest BCUT2D eigenvalue weighted by Gasteiger charge is -2.46. The summed E-state index contributed by atoms with van der Waals surface area (Å²) in [5.74, 6) is -0.142. The number of azide groups is 1. The molecule has 0 saturated carbocycles. The molecule has 0 N–H and O–H groups in total. The summed E-state index contributed by atoms with van der Waals surface area (Å²) in [6, 6.07) is 13.4. The van der Waals surface area contributed by atoms with Crippen LogP contribution in [-0.4, -0.2) is 25.1 Å². The molecule has 8 nitrogen and oxygen atoms in total. The van der Waals surface area contributed by atoms with Gasteiger partial charge in [0.25, 0.3) is 5.91 Å². The Balaban J connectivity index is 1.95. The van der Waals surface area contributed by atoms with Gasteiger partial charge in [-0.25, -0.2) is 0 Å². The number of rotatable bonds is 5. The molecule has 1 aliphatic heterocycles. The molecule has 0 radical (unpaired) electrons. The second-order valence-electron chi connectivity index (χ2n) is 5.66. The SMILES string of the molecule is COc1ccc(N2C(=O)[C@H](OC(C)=O)[C@@H]2c2ccc(N=[N+]=[N-])cc2)cc1. The maximum Gasteiger partial charge on any atom is 0.303 e. The number of nitrogens with zero attached hydrogens (tertiary/aromatic N) is 4. The molecule has 3 rings (SSSR count). The van der Waals surface area contributed by atoms with Gasteiger partial charge in [-0.05, 0) is 35.4 Å². The van der Waals surface area contributed by atoms with Crippen LogP contribution >= 0.6 is 0 Å². The molecule has 0 aliphatic carbocycles. The molecule has 1 amide bonds. The molecule has 0 bridgehead atoms. The number of methoxy groups -OCH3 is 1. The highest BCUT2D eigenvalue weighted by atomic mass is 16.6. The second-order valence-corrected chi connectivity index (χ2v) is 5.66. The van der Waals surface area contributed by atoms with Crippen molar-refractivity contribution in [3.63, 3.8) is 0 Å². The highest BCUT2D eigenvalue weighted by molar-refractivity contribution is 6.06. The molecule has 2 aromatic carbocycles. The summed E-state index contributed by atoms with van der Waals surface area (Å²) in [5, 5.41) is 3.53. The van der Waals surface area contributed by atoms with Crippen molar-refractivity contribution < 1.29 is 19.1 Å². The Morgan fingerprint density at radius 1 is 1.15 bits per heavy atom. The summed E-state index contributed by atoms with van der Waals surface area (Å²) in [7, 11) is 1.56.